The molecule has 0 bridgehead atoms. The number of halogens is 2. The summed E-state index contributed by atoms with van der Waals surface area (Å²) >= 11 is 5.94. The number of aromatic nitrogens is 3. The van der Waals surface area contributed by atoms with Crippen molar-refractivity contribution < 1.29 is 4.39 Å². The molecule has 3 aromatic rings. The first kappa shape index (κ1) is 13.8. The Morgan fingerprint density at radius 1 is 1.10 bits per heavy atom. The van der Waals surface area contributed by atoms with Crippen LogP contribution in [0.15, 0.2) is 48.5 Å². The summed E-state index contributed by atoms with van der Waals surface area (Å²) in [5.74, 6) is 1.13. The molecule has 0 fully saturated rings. The van der Waals surface area contributed by atoms with Crippen LogP contribution in [0.1, 0.15) is 11.4 Å². The van der Waals surface area contributed by atoms with E-state index in [1.54, 1.807) is 10.6 Å². The summed E-state index contributed by atoms with van der Waals surface area (Å²) in [6, 6.07) is 14.2. The Hall–Kier alpha value is -2.20. The van der Waals surface area contributed by atoms with Crippen LogP contribution in [0.5, 0.6) is 0 Å². The second kappa shape index (κ2) is 5.66. The number of benzene rings is 2. The summed E-state index contributed by atoms with van der Waals surface area (Å²) < 4.78 is 15.3. The minimum atomic E-state index is -0.308. The lowest BCUT2D eigenvalue weighted by Gasteiger charge is -2.10. The van der Waals surface area contributed by atoms with Crippen molar-refractivity contribution in [2.45, 2.75) is 12.8 Å². The van der Waals surface area contributed by atoms with Gasteiger partial charge in [-0.1, -0.05) is 29.8 Å². The predicted octanol–water partition coefficient (Wildman–Crippen LogP) is 4.12. The van der Waals surface area contributed by atoms with Gasteiger partial charge in [0.15, 0.2) is 11.6 Å². The average molecular weight is 302 g/mol. The molecule has 0 aliphatic heterocycles. The van der Waals surface area contributed by atoms with Gasteiger partial charge >= 0.3 is 0 Å². The van der Waals surface area contributed by atoms with Gasteiger partial charge in [-0.15, -0.1) is 21.8 Å². The second-order valence-corrected chi connectivity index (χ2v) is 5.03. The third-order valence-corrected chi connectivity index (χ3v) is 3.43. The zero-order valence-corrected chi connectivity index (χ0v) is 12.2. The monoisotopic (exact) mass is 301 g/mol. The van der Waals surface area contributed by atoms with Crippen molar-refractivity contribution in [1.29, 1.82) is 0 Å². The number of rotatable bonds is 3. The quantitative estimate of drug-likeness (QED) is 0.681. The van der Waals surface area contributed by atoms with E-state index in [1.165, 1.54) is 12.1 Å². The summed E-state index contributed by atoms with van der Waals surface area (Å²) in [4.78, 5) is 0. The fraction of sp³-hybridized carbons (Fsp3) is 0.125. The van der Waals surface area contributed by atoms with E-state index in [-0.39, 0.29) is 11.7 Å². The molecule has 1 heterocycles. The Morgan fingerprint density at radius 3 is 2.62 bits per heavy atom. The maximum absolute atomic E-state index is 13.5. The molecule has 0 aliphatic rings. The van der Waals surface area contributed by atoms with Crippen LogP contribution in [0.4, 0.5) is 4.39 Å². The Balaban J connectivity index is 2.21. The van der Waals surface area contributed by atoms with Gasteiger partial charge in [0.05, 0.1) is 11.6 Å². The fourth-order valence-electron chi connectivity index (χ4n) is 2.26. The molecule has 0 N–H and O–H groups in total. The number of hydrogen-bond donors (Lipinski definition) is 0. The van der Waals surface area contributed by atoms with Gasteiger partial charge in [-0.05, 0) is 31.2 Å². The topological polar surface area (TPSA) is 30.7 Å². The average Bonchev–Trinajstić information content (AvgIpc) is 2.91. The van der Waals surface area contributed by atoms with Crippen LogP contribution >= 0.6 is 11.6 Å². The van der Waals surface area contributed by atoms with Crippen molar-refractivity contribution >= 4 is 11.6 Å². The highest BCUT2D eigenvalue weighted by Gasteiger charge is 2.15. The normalized spacial score (nSPS) is 10.8. The molecule has 0 radical (unpaired) electrons. The summed E-state index contributed by atoms with van der Waals surface area (Å²) in [6.07, 6.45) is 0. The van der Waals surface area contributed by atoms with Crippen molar-refractivity contribution in [2.24, 2.45) is 0 Å². The largest absolute Gasteiger partial charge is 0.278 e. The lowest BCUT2D eigenvalue weighted by atomic mass is 10.1. The highest BCUT2D eigenvalue weighted by molar-refractivity contribution is 6.16. The molecule has 3 nitrogen and oxygen atoms in total. The lowest BCUT2D eigenvalue weighted by molar-refractivity contribution is 0.626. The molecule has 1 aromatic heterocycles. The second-order valence-electron chi connectivity index (χ2n) is 4.76. The number of alkyl halides is 1. The molecule has 5 heteroatoms. The van der Waals surface area contributed by atoms with Crippen molar-refractivity contribution in [1.82, 2.24) is 14.8 Å². The summed E-state index contributed by atoms with van der Waals surface area (Å²) in [5.41, 5.74) is 2.70. The Kier molecular flexibility index (Phi) is 3.71. The third-order valence-electron chi connectivity index (χ3n) is 3.19. The lowest BCUT2D eigenvalue weighted by Crippen LogP contribution is -2.02. The SMILES string of the molecule is Cc1cccc(-c2nnc(CCl)n2-c2cccc(F)c2)c1. The van der Waals surface area contributed by atoms with Crippen LogP contribution in [-0.2, 0) is 5.88 Å². The van der Waals surface area contributed by atoms with Gasteiger partial charge in [0, 0.05) is 5.56 Å². The smallest absolute Gasteiger partial charge is 0.168 e. The third kappa shape index (κ3) is 2.67. The maximum Gasteiger partial charge on any atom is 0.168 e. The van der Waals surface area contributed by atoms with E-state index in [0.29, 0.717) is 17.3 Å². The van der Waals surface area contributed by atoms with Crippen molar-refractivity contribution in [3.05, 3.63) is 65.7 Å². The van der Waals surface area contributed by atoms with Gasteiger partial charge in [-0.25, -0.2) is 4.39 Å². The van der Waals surface area contributed by atoms with Gasteiger partial charge in [-0.2, -0.15) is 0 Å². The molecule has 0 aliphatic carbocycles. The van der Waals surface area contributed by atoms with Crippen molar-refractivity contribution in [3.8, 4) is 17.1 Å². The van der Waals surface area contributed by atoms with Gasteiger partial charge in [0.25, 0.3) is 0 Å². The van der Waals surface area contributed by atoms with E-state index >= 15 is 0 Å². The molecule has 3 rings (SSSR count). The Labute approximate surface area is 127 Å². The number of nitrogens with zero attached hydrogens (tertiary/aromatic N) is 3. The van der Waals surface area contributed by atoms with Gasteiger partial charge in [-0.3, -0.25) is 4.57 Å². The minimum Gasteiger partial charge on any atom is -0.278 e. The van der Waals surface area contributed by atoms with E-state index in [2.05, 4.69) is 10.2 Å². The van der Waals surface area contributed by atoms with E-state index in [4.69, 9.17) is 11.6 Å². The summed E-state index contributed by atoms with van der Waals surface area (Å²) in [7, 11) is 0. The molecule has 0 saturated heterocycles. The molecule has 106 valence electrons. The zero-order valence-electron chi connectivity index (χ0n) is 11.4. The number of hydrogen-bond acceptors (Lipinski definition) is 2. The van der Waals surface area contributed by atoms with Crippen LogP contribution in [0.2, 0.25) is 0 Å². The molecular formula is C16H13ClFN3. The molecule has 2 aromatic carbocycles. The molecule has 0 saturated carbocycles. The van der Waals surface area contributed by atoms with Crippen LogP contribution in [0.3, 0.4) is 0 Å². The molecular weight excluding hydrogens is 289 g/mol. The van der Waals surface area contributed by atoms with Gasteiger partial charge < -0.3 is 0 Å². The predicted molar refractivity (Wildman–Crippen MR) is 81.0 cm³/mol. The van der Waals surface area contributed by atoms with E-state index in [0.717, 1.165) is 11.1 Å². The van der Waals surface area contributed by atoms with Crippen LogP contribution in [0, 0.1) is 12.7 Å². The van der Waals surface area contributed by atoms with Crippen molar-refractivity contribution in [3.63, 3.8) is 0 Å². The van der Waals surface area contributed by atoms with E-state index in [1.807, 2.05) is 37.3 Å². The highest BCUT2D eigenvalue weighted by atomic mass is 35.5. The van der Waals surface area contributed by atoms with Crippen LogP contribution < -0.4 is 0 Å². The standard InChI is InChI=1S/C16H13ClFN3/c1-11-4-2-5-12(8-11)16-20-19-15(10-17)21(16)14-7-3-6-13(18)9-14/h2-9H,10H2,1H3. The van der Waals surface area contributed by atoms with Crippen molar-refractivity contribution in [2.75, 3.05) is 0 Å². The van der Waals surface area contributed by atoms with E-state index in [9.17, 15) is 4.39 Å². The molecule has 21 heavy (non-hydrogen) atoms. The minimum absolute atomic E-state index is 0.204. The van der Waals surface area contributed by atoms with Crippen LogP contribution in [-0.4, -0.2) is 14.8 Å². The molecule has 0 atom stereocenters. The molecule has 0 amide bonds. The maximum atomic E-state index is 13.5. The Bertz CT molecular complexity index is 783. The summed E-state index contributed by atoms with van der Waals surface area (Å²) in [5, 5.41) is 8.32. The molecule has 0 spiro atoms. The number of aryl methyl sites for hydroxylation is 1. The first-order valence-corrected chi connectivity index (χ1v) is 7.06. The fourth-order valence-corrected chi connectivity index (χ4v) is 2.43. The summed E-state index contributed by atoms with van der Waals surface area (Å²) in [6.45, 7) is 2.01. The van der Waals surface area contributed by atoms with Crippen LogP contribution in [0.25, 0.3) is 17.1 Å². The molecule has 0 unspecified atom stereocenters. The first-order chi connectivity index (χ1) is 10.2. The highest BCUT2D eigenvalue weighted by Crippen LogP contribution is 2.24. The zero-order chi connectivity index (χ0) is 14.8. The Morgan fingerprint density at radius 2 is 1.90 bits per heavy atom. The first-order valence-electron chi connectivity index (χ1n) is 6.52. The van der Waals surface area contributed by atoms with E-state index < -0.39 is 0 Å². The van der Waals surface area contributed by atoms with Gasteiger partial charge in [0.2, 0.25) is 0 Å². The van der Waals surface area contributed by atoms with Gasteiger partial charge in [0.1, 0.15) is 5.82 Å².